The molecule has 8 heteroatoms. The van der Waals surface area contributed by atoms with E-state index in [4.69, 9.17) is 4.74 Å². The number of rotatable bonds is 6. The summed E-state index contributed by atoms with van der Waals surface area (Å²) in [5.74, 6) is -0.538. The van der Waals surface area contributed by atoms with E-state index in [1.54, 1.807) is 4.90 Å². The molecule has 1 aromatic carbocycles. The van der Waals surface area contributed by atoms with E-state index in [9.17, 15) is 14.4 Å². The van der Waals surface area contributed by atoms with Crippen molar-refractivity contribution in [3.8, 4) is 0 Å². The van der Waals surface area contributed by atoms with E-state index < -0.39 is 0 Å². The van der Waals surface area contributed by atoms with Crippen molar-refractivity contribution < 1.29 is 19.1 Å². The fourth-order valence-corrected chi connectivity index (χ4v) is 2.91. The summed E-state index contributed by atoms with van der Waals surface area (Å²) in [5.41, 5.74) is 5.86. The summed E-state index contributed by atoms with van der Waals surface area (Å²) in [6.45, 7) is 4.20. The third-order valence-electron chi connectivity index (χ3n) is 3.66. The van der Waals surface area contributed by atoms with Crippen LogP contribution in [0.3, 0.4) is 0 Å². The van der Waals surface area contributed by atoms with E-state index in [1.165, 1.54) is 11.8 Å². The SMILES string of the molecule is Cc1ccc(SCC(=O)NNC(=O)CCC(=O)N2CCOCC2)cc1. The highest BCUT2D eigenvalue weighted by molar-refractivity contribution is 8.00. The number of hydrogen-bond donors (Lipinski definition) is 2. The van der Waals surface area contributed by atoms with E-state index in [1.807, 2.05) is 31.2 Å². The van der Waals surface area contributed by atoms with Crippen molar-refractivity contribution in [2.24, 2.45) is 0 Å². The van der Waals surface area contributed by atoms with E-state index in [2.05, 4.69) is 10.9 Å². The quantitative estimate of drug-likeness (QED) is 0.577. The first-order valence-electron chi connectivity index (χ1n) is 8.17. The smallest absolute Gasteiger partial charge is 0.248 e. The molecule has 0 bridgehead atoms. The summed E-state index contributed by atoms with van der Waals surface area (Å²) >= 11 is 1.39. The largest absolute Gasteiger partial charge is 0.378 e. The number of nitrogens with zero attached hydrogens (tertiary/aromatic N) is 1. The van der Waals surface area contributed by atoms with Crippen LogP contribution in [0, 0.1) is 6.92 Å². The molecule has 0 aromatic heterocycles. The van der Waals surface area contributed by atoms with Gasteiger partial charge in [-0.15, -0.1) is 11.8 Å². The van der Waals surface area contributed by atoms with Gasteiger partial charge in [0.05, 0.1) is 19.0 Å². The lowest BCUT2D eigenvalue weighted by molar-refractivity contribution is -0.137. The number of benzene rings is 1. The van der Waals surface area contributed by atoms with Crippen LogP contribution in [0.4, 0.5) is 0 Å². The summed E-state index contributed by atoms with van der Waals surface area (Å²) in [5, 5.41) is 0. The van der Waals surface area contributed by atoms with Crippen molar-refractivity contribution in [1.82, 2.24) is 15.8 Å². The van der Waals surface area contributed by atoms with Crippen LogP contribution in [0.5, 0.6) is 0 Å². The minimum atomic E-state index is -0.379. The van der Waals surface area contributed by atoms with Gasteiger partial charge in [-0.1, -0.05) is 17.7 Å². The van der Waals surface area contributed by atoms with Crippen LogP contribution in [0.25, 0.3) is 0 Å². The number of carbonyl (C=O) groups excluding carboxylic acids is 3. The molecule has 0 aliphatic carbocycles. The predicted octanol–water partition coefficient (Wildman–Crippen LogP) is 0.874. The van der Waals surface area contributed by atoms with Crippen molar-refractivity contribution in [2.75, 3.05) is 32.1 Å². The molecule has 0 saturated carbocycles. The summed E-state index contributed by atoms with van der Waals surface area (Å²) in [6, 6.07) is 7.85. The van der Waals surface area contributed by atoms with Gasteiger partial charge < -0.3 is 9.64 Å². The number of nitrogens with one attached hydrogen (secondary N) is 2. The summed E-state index contributed by atoms with van der Waals surface area (Å²) in [6.07, 6.45) is 0.168. The van der Waals surface area contributed by atoms with Gasteiger partial charge in [0, 0.05) is 30.8 Å². The fraction of sp³-hybridized carbons (Fsp3) is 0.471. The average molecular weight is 365 g/mol. The Morgan fingerprint density at radius 3 is 2.36 bits per heavy atom. The molecule has 1 aliphatic heterocycles. The second-order valence-corrected chi connectivity index (χ2v) is 6.74. The topological polar surface area (TPSA) is 87.7 Å². The highest BCUT2D eigenvalue weighted by atomic mass is 32.2. The van der Waals surface area contributed by atoms with Gasteiger partial charge in [-0.05, 0) is 19.1 Å². The second kappa shape index (κ2) is 10.0. The van der Waals surface area contributed by atoms with Crippen LogP contribution in [0.2, 0.25) is 0 Å². The maximum absolute atomic E-state index is 11.9. The predicted molar refractivity (Wildman–Crippen MR) is 94.8 cm³/mol. The Bertz CT molecular complexity index is 600. The molecule has 25 heavy (non-hydrogen) atoms. The molecule has 1 heterocycles. The maximum Gasteiger partial charge on any atom is 0.248 e. The van der Waals surface area contributed by atoms with Gasteiger partial charge in [0.25, 0.3) is 0 Å². The highest BCUT2D eigenvalue weighted by Gasteiger charge is 2.17. The Morgan fingerprint density at radius 1 is 1.04 bits per heavy atom. The van der Waals surface area contributed by atoms with Crippen molar-refractivity contribution in [3.05, 3.63) is 29.8 Å². The molecule has 0 radical (unpaired) electrons. The standard InChI is InChI=1S/C17H23N3O4S/c1-13-2-4-14(5-3-13)25-12-16(22)19-18-15(21)6-7-17(23)20-8-10-24-11-9-20/h2-5H,6-12H2,1H3,(H,18,21)(H,19,22). The zero-order chi connectivity index (χ0) is 18.1. The molecule has 2 N–H and O–H groups in total. The van der Waals surface area contributed by atoms with Crippen LogP contribution in [-0.4, -0.2) is 54.7 Å². The Balaban J connectivity index is 1.59. The number of hydrogen-bond acceptors (Lipinski definition) is 5. The first kappa shape index (κ1) is 19.3. The summed E-state index contributed by atoms with van der Waals surface area (Å²) in [7, 11) is 0. The lowest BCUT2D eigenvalue weighted by atomic mass is 10.2. The normalized spacial score (nSPS) is 14.0. The number of thioether (sulfide) groups is 1. The number of ether oxygens (including phenoxy) is 1. The summed E-state index contributed by atoms with van der Waals surface area (Å²) < 4.78 is 5.18. The van der Waals surface area contributed by atoms with Crippen LogP contribution >= 0.6 is 11.8 Å². The molecule has 1 fully saturated rings. The van der Waals surface area contributed by atoms with Gasteiger partial charge in [0.2, 0.25) is 17.7 Å². The van der Waals surface area contributed by atoms with Crippen LogP contribution < -0.4 is 10.9 Å². The highest BCUT2D eigenvalue weighted by Crippen LogP contribution is 2.17. The monoisotopic (exact) mass is 365 g/mol. The lowest BCUT2D eigenvalue weighted by Crippen LogP contribution is -2.44. The van der Waals surface area contributed by atoms with Gasteiger partial charge in [-0.25, -0.2) is 0 Å². The minimum Gasteiger partial charge on any atom is -0.378 e. The number of amides is 3. The van der Waals surface area contributed by atoms with Gasteiger partial charge in [0.1, 0.15) is 0 Å². The van der Waals surface area contributed by atoms with Crippen molar-refractivity contribution in [2.45, 2.75) is 24.7 Å². The molecular formula is C17H23N3O4S. The number of carbonyl (C=O) groups is 3. The Hall–Kier alpha value is -2.06. The molecule has 0 spiro atoms. The number of morpholine rings is 1. The molecule has 7 nitrogen and oxygen atoms in total. The first-order chi connectivity index (χ1) is 12.0. The zero-order valence-corrected chi connectivity index (χ0v) is 15.1. The van der Waals surface area contributed by atoms with Gasteiger partial charge in [-0.2, -0.15) is 0 Å². The van der Waals surface area contributed by atoms with Crippen molar-refractivity contribution >= 4 is 29.5 Å². The van der Waals surface area contributed by atoms with E-state index >= 15 is 0 Å². The number of aryl methyl sites for hydroxylation is 1. The third kappa shape index (κ3) is 7.15. The lowest BCUT2D eigenvalue weighted by Gasteiger charge is -2.26. The summed E-state index contributed by atoms with van der Waals surface area (Å²) in [4.78, 5) is 38.1. The Kier molecular flexibility index (Phi) is 7.75. The van der Waals surface area contributed by atoms with E-state index in [0.29, 0.717) is 26.3 Å². The fourth-order valence-electron chi connectivity index (χ4n) is 2.21. The molecule has 1 aromatic rings. The Morgan fingerprint density at radius 2 is 1.68 bits per heavy atom. The minimum absolute atomic E-state index is 0.0432. The van der Waals surface area contributed by atoms with Crippen LogP contribution in [0.1, 0.15) is 18.4 Å². The second-order valence-electron chi connectivity index (χ2n) is 5.69. The van der Waals surface area contributed by atoms with E-state index in [-0.39, 0.29) is 36.3 Å². The molecule has 3 amide bonds. The van der Waals surface area contributed by atoms with Gasteiger partial charge >= 0.3 is 0 Å². The Labute approximate surface area is 151 Å². The zero-order valence-electron chi connectivity index (χ0n) is 14.2. The average Bonchev–Trinajstić information content (AvgIpc) is 2.64. The number of hydrazine groups is 1. The molecule has 1 saturated heterocycles. The molecular weight excluding hydrogens is 342 g/mol. The van der Waals surface area contributed by atoms with Crippen molar-refractivity contribution in [3.63, 3.8) is 0 Å². The molecule has 1 aliphatic rings. The van der Waals surface area contributed by atoms with Crippen LogP contribution in [0.15, 0.2) is 29.2 Å². The third-order valence-corrected chi connectivity index (χ3v) is 4.67. The molecule has 136 valence electrons. The van der Waals surface area contributed by atoms with Gasteiger partial charge in [-0.3, -0.25) is 25.2 Å². The van der Waals surface area contributed by atoms with Crippen LogP contribution in [-0.2, 0) is 19.1 Å². The molecule has 0 unspecified atom stereocenters. The van der Waals surface area contributed by atoms with Crippen molar-refractivity contribution in [1.29, 1.82) is 0 Å². The van der Waals surface area contributed by atoms with E-state index in [0.717, 1.165) is 10.5 Å². The molecule has 0 atom stereocenters. The maximum atomic E-state index is 11.9. The first-order valence-corrected chi connectivity index (χ1v) is 9.16. The molecule has 2 rings (SSSR count). The van der Waals surface area contributed by atoms with Gasteiger partial charge in [0.15, 0.2) is 0 Å².